The van der Waals surface area contributed by atoms with Gasteiger partial charge in [-0.2, -0.15) is 0 Å². The zero-order valence-corrected chi connectivity index (χ0v) is 17.0. The molecule has 0 amide bonds. The monoisotopic (exact) mass is 387 g/mol. The first kappa shape index (κ1) is 21.5. The molecule has 1 heterocycles. The highest BCUT2D eigenvalue weighted by Gasteiger charge is 2.22. The van der Waals surface area contributed by atoms with Crippen molar-refractivity contribution in [3.05, 3.63) is 41.9 Å². The highest BCUT2D eigenvalue weighted by molar-refractivity contribution is 5.80. The molecule has 0 saturated heterocycles. The second-order valence-electron chi connectivity index (χ2n) is 6.51. The Hall–Kier alpha value is -2.83. The third-order valence-corrected chi connectivity index (χ3v) is 4.33. The Morgan fingerprint density at radius 3 is 2.50 bits per heavy atom. The summed E-state index contributed by atoms with van der Waals surface area (Å²) >= 11 is 0. The van der Waals surface area contributed by atoms with Gasteiger partial charge in [0.25, 0.3) is 0 Å². The molecule has 2 aromatic rings. The van der Waals surface area contributed by atoms with Crippen molar-refractivity contribution >= 4 is 23.4 Å². The van der Waals surface area contributed by atoms with Gasteiger partial charge < -0.3 is 19.4 Å². The minimum absolute atomic E-state index is 0.102. The Labute approximate surface area is 166 Å². The first-order valence-electron chi connectivity index (χ1n) is 9.71. The number of carbonyl (C=O) groups is 2. The Balaban J connectivity index is 1.95. The van der Waals surface area contributed by atoms with Crippen LogP contribution in [0.3, 0.4) is 0 Å². The highest BCUT2D eigenvalue weighted by atomic mass is 16.6. The number of carbonyl (C=O) groups excluding carboxylic acids is 2. The summed E-state index contributed by atoms with van der Waals surface area (Å²) in [6, 6.07) is 7.63. The number of rotatable bonds is 10. The number of aryl methyl sites for hydroxylation is 1. The molecule has 0 radical (unpaired) electrons. The number of imidazole rings is 1. The van der Waals surface area contributed by atoms with Crippen molar-refractivity contribution in [2.24, 2.45) is 0 Å². The summed E-state index contributed by atoms with van der Waals surface area (Å²) in [7, 11) is 1.96. The van der Waals surface area contributed by atoms with E-state index in [1.807, 2.05) is 42.4 Å². The summed E-state index contributed by atoms with van der Waals surface area (Å²) in [5.41, 5.74) is 1.79. The number of anilines is 2. The van der Waals surface area contributed by atoms with E-state index in [1.165, 1.54) is 0 Å². The third-order valence-electron chi connectivity index (χ3n) is 4.33. The minimum atomic E-state index is -0.851. The van der Waals surface area contributed by atoms with E-state index in [9.17, 15) is 9.59 Å². The summed E-state index contributed by atoms with van der Waals surface area (Å²) < 4.78 is 10.2. The number of ether oxygens (including phenoxy) is 2. The predicted octanol–water partition coefficient (Wildman–Crippen LogP) is 3.56. The SMILES string of the molecule is CCCc1ncc(N(C)c2ccc(CC(=O)OC(CC)C(=O)OCC)cc2)[nH]1. The lowest BCUT2D eigenvalue weighted by Crippen LogP contribution is -2.29. The van der Waals surface area contributed by atoms with Crippen LogP contribution in [0.25, 0.3) is 0 Å². The number of aromatic nitrogens is 2. The van der Waals surface area contributed by atoms with E-state index in [1.54, 1.807) is 13.8 Å². The average molecular weight is 387 g/mol. The number of hydrogen-bond donors (Lipinski definition) is 1. The van der Waals surface area contributed by atoms with E-state index in [0.717, 1.165) is 35.7 Å². The molecule has 1 aromatic carbocycles. The van der Waals surface area contributed by atoms with E-state index in [2.05, 4.69) is 16.9 Å². The molecule has 0 aliphatic rings. The van der Waals surface area contributed by atoms with Crippen molar-refractivity contribution in [3.63, 3.8) is 0 Å². The minimum Gasteiger partial charge on any atom is -0.463 e. The Kier molecular flexibility index (Phi) is 8.04. The Morgan fingerprint density at radius 1 is 1.18 bits per heavy atom. The highest BCUT2D eigenvalue weighted by Crippen LogP contribution is 2.22. The topological polar surface area (TPSA) is 84.5 Å². The molecule has 7 heteroatoms. The van der Waals surface area contributed by atoms with Gasteiger partial charge in [-0.3, -0.25) is 4.79 Å². The van der Waals surface area contributed by atoms with E-state index in [-0.39, 0.29) is 13.0 Å². The van der Waals surface area contributed by atoms with Crippen LogP contribution >= 0.6 is 0 Å². The molecule has 0 fully saturated rings. The van der Waals surface area contributed by atoms with Gasteiger partial charge in [-0.1, -0.05) is 26.0 Å². The molecule has 0 spiro atoms. The van der Waals surface area contributed by atoms with E-state index < -0.39 is 18.0 Å². The van der Waals surface area contributed by atoms with Crippen LogP contribution < -0.4 is 4.90 Å². The molecule has 152 valence electrons. The first-order chi connectivity index (χ1) is 13.5. The van der Waals surface area contributed by atoms with Crippen LogP contribution in [0.2, 0.25) is 0 Å². The lowest BCUT2D eigenvalue weighted by molar-refractivity contribution is -0.167. The molecule has 1 aromatic heterocycles. The Bertz CT molecular complexity index is 770. The van der Waals surface area contributed by atoms with Crippen LogP contribution in [0.4, 0.5) is 11.5 Å². The molecule has 0 aliphatic heterocycles. The number of aromatic amines is 1. The molecule has 0 bridgehead atoms. The van der Waals surface area contributed by atoms with Gasteiger partial charge in [0.15, 0.2) is 6.10 Å². The molecule has 1 N–H and O–H groups in total. The predicted molar refractivity (Wildman–Crippen MR) is 108 cm³/mol. The number of hydrogen-bond acceptors (Lipinski definition) is 6. The average Bonchev–Trinajstić information content (AvgIpc) is 3.15. The van der Waals surface area contributed by atoms with Gasteiger partial charge in [0.1, 0.15) is 11.6 Å². The quantitative estimate of drug-likeness (QED) is 0.628. The van der Waals surface area contributed by atoms with Crippen LogP contribution in [-0.2, 0) is 31.9 Å². The van der Waals surface area contributed by atoms with Gasteiger partial charge in [-0.05, 0) is 37.5 Å². The standard InChI is InChI=1S/C21H29N3O4/c1-5-8-18-22-14-19(23-18)24(4)16-11-9-15(10-12-16)13-20(25)28-17(6-2)21(26)27-7-3/h9-12,14,17H,5-8,13H2,1-4H3,(H,22,23). The first-order valence-corrected chi connectivity index (χ1v) is 9.71. The molecule has 0 aliphatic carbocycles. The number of benzene rings is 1. The van der Waals surface area contributed by atoms with E-state index in [0.29, 0.717) is 6.42 Å². The zero-order valence-electron chi connectivity index (χ0n) is 17.0. The fourth-order valence-electron chi connectivity index (χ4n) is 2.76. The van der Waals surface area contributed by atoms with Crippen LogP contribution in [0.5, 0.6) is 0 Å². The van der Waals surface area contributed by atoms with Gasteiger partial charge in [0.05, 0.1) is 19.2 Å². The maximum Gasteiger partial charge on any atom is 0.347 e. The van der Waals surface area contributed by atoms with Crippen molar-refractivity contribution in [1.29, 1.82) is 0 Å². The molecular formula is C21H29N3O4. The van der Waals surface area contributed by atoms with Gasteiger partial charge in [-0.15, -0.1) is 0 Å². The van der Waals surface area contributed by atoms with Crippen LogP contribution in [0.1, 0.15) is 45.0 Å². The van der Waals surface area contributed by atoms with Gasteiger partial charge in [-0.25, -0.2) is 9.78 Å². The third kappa shape index (κ3) is 5.84. The smallest absolute Gasteiger partial charge is 0.347 e. The largest absolute Gasteiger partial charge is 0.463 e. The van der Waals surface area contributed by atoms with Crippen LogP contribution in [-0.4, -0.2) is 41.7 Å². The van der Waals surface area contributed by atoms with Gasteiger partial charge in [0, 0.05) is 19.2 Å². The zero-order chi connectivity index (χ0) is 20.5. The van der Waals surface area contributed by atoms with Crippen molar-refractivity contribution in [2.45, 2.75) is 52.6 Å². The normalized spacial score (nSPS) is 11.7. The van der Waals surface area contributed by atoms with Crippen LogP contribution in [0, 0.1) is 0 Å². The molecule has 7 nitrogen and oxygen atoms in total. The van der Waals surface area contributed by atoms with Crippen molar-refractivity contribution < 1.29 is 19.1 Å². The van der Waals surface area contributed by atoms with E-state index in [4.69, 9.17) is 9.47 Å². The van der Waals surface area contributed by atoms with Gasteiger partial charge in [0.2, 0.25) is 0 Å². The lowest BCUT2D eigenvalue weighted by atomic mass is 10.1. The second-order valence-corrected chi connectivity index (χ2v) is 6.51. The van der Waals surface area contributed by atoms with E-state index >= 15 is 0 Å². The summed E-state index contributed by atoms with van der Waals surface area (Å²) in [6.07, 6.45) is 3.41. The number of H-pyrrole nitrogens is 1. The fourth-order valence-corrected chi connectivity index (χ4v) is 2.76. The van der Waals surface area contributed by atoms with Crippen LogP contribution in [0.15, 0.2) is 30.5 Å². The number of esters is 2. The summed E-state index contributed by atoms with van der Waals surface area (Å²) in [4.78, 5) is 33.6. The summed E-state index contributed by atoms with van der Waals surface area (Å²) in [6.45, 7) is 5.88. The van der Waals surface area contributed by atoms with Crippen molar-refractivity contribution in [3.8, 4) is 0 Å². The van der Waals surface area contributed by atoms with Crippen molar-refractivity contribution in [1.82, 2.24) is 9.97 Å². The maximum absolute atomic E-state index is 12.1. The molecule has 28 heavy (non-hydrogen) atoms. The van der Waals surface area contributed by atoms with Crippen molar-refractivity contribution in [2.75, 3.05) is 18.6 Å². The fraction of sp³-hybridized carbons (Fsp3) is 0.476. The number of nitrogens with zero attached hydrogens (tertiary/aromatic N) is 2. The second kappa shape index (κ2) is 10.5. The molecule has 2 rings (SSSR count). The summed E-state index contributed by atoms with van der Waals surface area (Å²) in [5, 5.41) is 0. The molecule has 0 saturated carbocycles. The molecule has 1 unspecified atom stereocenters. The summed E-state index contributed by atoms with van der Waals surface area (Å²) in [5.74, 6) is 0.933. The Morgan fingerprint density at radius 2 is 1.89 bits per heavy atom. The lowest BCUT2D eigenvalue weighted by Gasteiger charge is -2.17. The number of nitrogens with one attached hydrogen (secondary N) is 1. The molecule has 1 atom stereocenters. The molecular weight excluding hydrogens is 358 g/mol. The maximum atomic E-state index is 12.1. The van der Waals surface area contributed by atoms with Gasteiger partial charge >= 0.3 is 11.9 Å².